The number of nitrogens with one attached hydrogen (secondary N) is 3. The van der Waals surface area contributed by atoms with E-state index in [1.165, 1.54) is 30.4 Å². The van der Waals surface area contributed by atoms with Crippen molar-refractivity contribution in [2.24, 2.45) is 23.7 Å². The molecule has 33 heavy (non-hydrogen) atoms. The van der Waals surface area contributed by atoms with Crippen LogP contribution in [0.15, 0.2) is 54.6 Å². The van der Waals surface area contributed by atoms with E-state index in [1.54, 1.807) is 0 Å². The quantitative estimate of drug-likeness (QED) is 0.500. The Bertz CT molecular complexity index is 996. The molecular formula is C28H34BrN3O. The number of rotatable bonds is 3. The van der Waals surface area contributed by atoms with Gasteiger partial charge in [0, 0.05) is 46.4 Å². The van der Waals surface area contributed by atoms with Gasteiger partial charge in [0.2, 0.25) is 0 Å². The number of carbonyl (C=O) groups excluding carboxylic acids is 1. The van der Waals surface area contributed by atoms with Crippen LogP contribution in [0.1, 0.15) is 49.4 Å². The normalized spacial score (nSPS) is 39.9. The number of alkyl halides is 1. The van der Waals surface area contributed by atoms with E-state index in [0.717, 1.165) is 18.5 Å². The minimum absolute atomic E-state index is 0.0474. The van der Waals surface area contributed by atoms with E-state index in [2.05, 4.69) is 93.4 Å². The molecule has 0 amide bonds. The lowest BCUT2D eigenvalue weighted by molar-refractivity contribution is -0.144. The molecule has 2 aromatic carbocycles. The van der Waals surface area contributed by atoms with Crippen LogP contribution in [0, 0.1) is 30.6 Å². The Hall–Kier alpha value is -1.69. The molecule has 4 fully saturated rings. The van der Waals surface area contributed by atoms with E-state index >= 15 is 0 Å². The molecule has 174 valence electrons. The second kappa shape index (κ2) is 8.83. The predicted octanol–water partition coefficient (Wildman–Crippen LogP) is 5.19. The molecule has 9 atom stereocenters. The van der Waals surface area contributed by atoms with Gasteiger partial charge in [0.1, 0.15) is 5.78 Å². The summed E-state index contributed by atoms with van der Waals surface area (Å²) in [5.74, 6) is 1.55. The largest absolute Gasteiger partial charge is 0.382 e. The highest BCUT2D eigenvalue weighted by atomic mass is 79.9. The Morgan fingerprint density at radius 1 is 0.939 bits per heavy atom. The summed E-state index contributed by atoms with van der Waals surface area (Å²) in [7, 11) is 0. The summed E-state index contributed by atoms with van der Waals surface area (Å²) < 4.78 is 0. The fraction of sp³-hybridized carbons (Fsp3) is 0.536. The van der Waals surface area contributed by atoms with E-state index in [9.17, 15) is 4.79 Å². The van der Waals surface area contributed by atoms with Crippen molar-refractivity contribution >= 4 is 27.4 Å². The maximum Gasteiger partial charge on any atom is 0.141 e. The lowest BCUT2D eigenvalue weighted by atomic mass is 9.53. The number of benzene rings is 2. The van der Waals surface area contributed by atoms with E-state index in [0.29, 0.717) is 28.5 Å². The third-order valence-electron chi connectivity index (χ3n) is 8.78. The third-order valence-corrected chi connectivity index (χ3v) is 9.72. The molecule has 9 unspecified atom stereocenters. The topological polar surface area (TPSA) is 53.2 Å². The zero-order valence-electron chi connectivity index (χ0n) is 19.2. The van der Waals surface area contributed by atoms with Crippen LogP contribution in [-0.4, -0.2) is 28.7 Å². The zero-order chi connectivity index (χ0) is 22.5. The van der Waals surface area contributed by atoms with Gasteiger partial charge >= 0.3 is 0 Å². The number of fused-ring (bicyclic) bond motifs is 2. The number of hydrogen-bond acceptors (Lipinski definition) is 4. The first kappa shape index (κ1) is 21.8. The molecule has 0 spiro atoms. The smallest absolute Gasteiger partial charge is 0.141 e. The Kier molecular flexibility index (Phi) is 5.84. The number of ketones is 1. The Labute approximate surface area is 205 Å². The second-order valence-electron chi connectivity index (χ2n) is 10.7. The first-order chi connectivity index (χ1) is 16.1. The Morgan fingerprint density at radius 2 is 1.67 bits per heavy atom. The molecule has 1 heterocycles. The van der Waals surface area contributed by atoms with E-state index in [1.807, 2.05) is 0 Å². The van der Waals surface area contributed by atoms with Gasteiger partial charge in [-0.25, -0.2) is 0 Å². The molecular weight excluding hydrogens is 474 g/mol. The standard InChI is InChI=1S/C28H34BrN3O/c1-16-11-13-18(14-12-16)30-22-15-21(29)26-24-23(22)27(33)20-10-6-5-9-19(20)25(24)31-28(32-26)17-7-3-2-4-8-17/h2-4,7-8,11-14,19-26,28,30-32H,5-6,9-10,15H2,1H3. The summed E-state index contributed by atoms with van der Waals surface area (Å²) >= 11 is 4.07. The van der Waals surface area contributed by atoms with Gasteiger partial charge in [-0.1, -0.05) is 76.8 Å². The van der Waals surface area contributed by atoms with Gasteiger partial charge in [0.15, 0.2) is 0 Å². The lowest BCUT2D eigenvalue weighted by Crippen LogP contribution is -2.73. The van der Waals surface area contributed by atoms with Crippen LogP contribution in [0.4, 0.5) is 5.69 Å². The summed E-state index contributed by atoms with van der Waals surface area (Å²) in [6.07, 6.45) is 5.77. The van der Waals surface area contributed by atoms with Gasteiger partial charge in [-0.15, -0.1) is 0 Å². The van der Waals surface area contributed by atoms with E-state index in [4.69, 9.17) is 0 Å². The van der Waals surface area contributed by atoms with Crippen LogP contribution in [0.5, 0.6) is 0 Å². The van der Waals surface area contributed by atoms with E-state index in [-0.39, 0.29) is 30.1 Å². The van der Waals surface area contributed by atoms with Crippen LogP contribution in [0.25, 0.3) is 0 Å². The molecule has 1 saturated heterocycles. The zero-order valence-corrected chi connectivity index (χ0v) is 20.8. The monoisotopic (exact) mass is 507 g/mol. The highest BCUT2D eigenvalue weighted by molar-refractivity contribution is 9.09. The fourth-order valence-electron chi connectivity index (χ4n) is 7.31. The van der Waals surface area contributed by atoms with Crippen molar-refractivity contribution in [3.63, 3.8) is 0 Å². The van der Waals surface area contributed by atoms with Crippen LogP contribution in [-0.2, 0) is 4.79 Å². The van der Waals surface area contributed by atoms with Crippen molar-refractivity contribution in [1.29, 1.82) is 0 Å². The molecule has 3 N–H and O–H groups in total. The molecule has 4 nitrogen and oxygen atoms in total. The molecule has 5 heteroatoms. The Morgan fingerprint density at radius 3 is 2.45 bits per heavy atom. The molecule has 0 radical (unpaired) electrons. The van der Waals surface area contributed by atoms with Crippen molar-refractivity contribution in [3.05, 3.63) is 65.7 Å². The Balaban J connectivity index is 1.36. The average Bonchev–Trinajstić information content (AvgIpc) is 2.85. The number of halogens is 1. The average molecular weight is 509 g/mol. The highest BCUT2D eigenvalue weighted by Gasteiger charge is 2.60. The summed E-state index contributed by atoms with van der Waals surface area (Å²) in [6, 6.07) is 20.2. The SMILES string of the molecule is Cc1ccc(NC2CC(Br)C3NC(c4ccccc4)NC4C5CCCCC5C(=O)C2C34)cc1. The number of hydrogen-bond donors (Lipinski definition) is 3. The van der Waals surface area contributed by atoms with E-state index < -0.39 is 0 Å². The van der Waals surface area contributed by atoms with Gasteiger partial charge in [-0.2, -0.15) is 0 Å². The van der Waals surface area contributed by atoms with Crippen LogP contribution >= 0.6 is 15.9 Å². The molecule has 1 aliphatic heterocycles. The third kappa shape index (κ3) is 3.86. The molecule has 3 saturated carbocycles. The van der Waals surface area contributed by atoms with Crippen LogP contribution < -0.4 is 16.0 Å². The minimum atomic E-state index is 0.0474. The number of Topliss-reactive ketones (excluding diaryl/α,β-unsaturated/α-hetero) is 1. The lowest BCUT2D eigenvalue weighted by Gasteiger charge is -2.60. The van der Waals surface area contributed by atoms with Crippen molar-refractivity contribution in [2.45, 2.75) is 68.1 Å². The maximum atomic E-state index is 14.0. The molecule has 4 aliphatic rings. The van der Waals surface area contributed by atoms with Gasteiger partial charge in [0.05, 0.1) is 6.17 Å². The number of anilines is 1. The number of carbonyl (C=O) groups is 1. The van der Waals surface area contributed by atoms with Crippen molar-refractivity contribution < 1.29 is 4.79 Å². The molecule has 0 aromatic heterocycles. The van der Waals surface area contributed by atoms with Gasteiger partial charge in [-0.05, 0) is 49.8 Å². The fourth-order valence-corrected chi connectivity index (χ4v) is 8.22. The number of aryl methyl sites for hydroxylation is 1. The van der Waals surface area contributed by atoms with Crippen LogP contribution in [0.3, 0.4) is 0 Å². The molecule has 0 bridgehead atoms. The van der Waals surface area contributed by atoms with Crippen molar-refractivity contribution in [2.75, 3.05) is 5.32 Å². The predicted molar refractivity (Wildman–Crippen MR) is 136 cm³/mol. The highest BCUT2D eigenvalue weighted by Crippen LogP contribution is 2.52. The van der Waals surface area contributed by atoms with Crippen molar-refractivity contribution in [3.8, 4) is 0 Å². The van der Waals surface area contributed by atoms with Gasteiger partial charge in [-0.3, -0.25) is 15.4 Å². The summed E-state index contributed by atoms with van der Waals surface area (Å²) in [6.45, 7) is 2.12. The summed E-state index contributed by atoms with van der Waals surface area (Å²) in [5.41, 5.74) is 3.67. The summed E-state index contributed by atoms with van der Waals surface area (Å²) in [4.78, 5) is 14.4. The van der Waals surface area contributed by atoms with Gasteiger partial charge < -0.3 is 5.32 Å². The first-order valence-corrected chi connectivity index (χ1v) is 13.6. The van der Waals surface area contributed by atoms with Crippen molar-refractivity contribution in [1.82, 2.24) is 10.6 Å². The molecule has 2 aromatic rings. The van der Waals surface area contributed by atoms with Gasteiger partial charge in [0.25, 0.3) is 0 Å². The second-order valence-corrected chi connectivity index (χ2v) is 11.8. The maximum absolute atomic E-state index is 14.0. The minimum Gasteiger partial charge on any atom is -0.382 e. The molecule has 3 aliphatic carbocycles. The summed E-state index contributed by atoms with van der Waals surface area (Å²) in [5, 5.41) is 11.7. The molecule has 6 rings (SSSR count). The van der Waals surface area contributed by atoms with Crippen LogP contribution in [0.2, 0.25) is 0 Å². The first-order valence-electron chi connectivity index (χ1n) is 12.7.